The molecule has 1 heteroatoms. The maximum Gasteiger partial charge on any atom is 0.0227 e. The van der Waals surface area contributed by atoms with Crippen molar-refractivity contribution in [3.05, 3.63) is 71.8 Å². The maximum absolute atomic E-state index is 2.56. The lowest BCUT2D eigenvalue weighted by molar-refractivity contribution is 0.187. The maximum atomic E-state index is 2.56. The fourth-order valence-corrected chi connectivity index (χ4v) is 3.51. The number of piperidine rings is 1. The first-order valence-corrected chi connectivity index (χ1v) is 7.68. The highest BCUT2D eigenvalue weighted by Crippen LogP contribution is 2.41. The summed E-state index contributed by atoms with van der Waals surface area (Å²) >= 11 is 0. The van der Waals surface area contributed by atoms with E-state index in [1.54, 1.807) is 0 Å². The summed E-state index contributed by atoms with van der Waals surface area (Å²) in [5.41, 5.74) is 3.15. The first kappa shape index (κ1) is 13.4. The van der Waals surface area contributed by atoms with Crippen LogP contribution in [0.2, 0.25) is 0 Å². The molecule has 0 atom stereocenters. The summed E-state index contributed by atoms with van der Waals surface area (Å²) in [7, 11) is 0. The number of benzene rings is 2. The highest BCUT2D eigenvalue weighted by atomic mass is 15.1. The summed E-state index contributed by atoms with van der Waals surface area (Å²) in [5.74, 6) is 0. The van der Waals surface area contributed by atoms with E-state index < -0.39 is 0 Å². The molecule has 1 fully saturated rings. The monoisotopic (exact) mass is 265 g/mol. The topological polar surface area (TPSA) is 3.24 Å². The first-order chi connectivity index (χ1) is 9.85. The highest BCUT2D eigenvalue weighted by Gasteiger charge is 2.37. The Bertz CT molecular complexity index is 483. The van der Waals surface area contributed by atoms with Crippen LogP contribution in [0.3, 0.4) is 0 Å². The molecule has 20 heavy (non-hydrogen) atoms. The van der Waals surface area contributed by atoms with Gasteiger partial charge in [0.2, 0.25) is 0 Å². The lowest BCUT2D eigenvalue weighted by Gasteiger charge is -2.42. The van der Waals surface area contributed by atoms with Crippen LogP contribution >= 0.6 is 0 Å². The molecule has 2 aromatic carbocycles. The molecule has 0 N–H and O–H groups in total. The van der Waals surface area contributed by atoms with Gasteiger partial charge in [-0.2, -0.15) is 0 Å². The Morgan fingerprint density at radius 2 is 1.25 bits per heavy atom. The highest BCUT2D eigenvalue weighted by molar-refractivity contribution is 5.40. The van der Waals surface area contributed by atoms with Crippen LogP contribution in [0, 0.1) is 0 Å². The quantitative estimate of drug-likeness (QED) is 0.808. The molecule has 1 heterocycles. The summed E-state index contributed by atoms with van der Waals surface area (Å²) in [6, 6.07) is 22.1. The van der Waals surface area contributed by atoms with Crippen LogP contribution in [-0.2, 0) is 5.41 Å². The van der Waals surface area contributed by atoms with E-state index in [4.69, 9.17) is 0 Å². The summed E-state index contributed by atoms with van der Waals surface area (Å²) in [5, 5.41) is 0. The Balaban J connectivity index is 2.01. The van der Waals surface area contributed by atoms with Gasteiger partial charge in [0.15, 0.2) is 0 Å². The third-order valence-electron chi connectivity index (χ3n) is 4.81. The number of nitrogens with zero attached hydrogens (tertiary/aromatic N) is 1. The van der Waals surface area contributed by atoms with Crippen molar-refractivity contribution in [3.63, 3.8) is 0 Å². The zero-order chi connectivity index (χ0) is 13.8. The van der Waals surface area contributed by atoms with E-state index in [0.717, 1.165) is 0 Å². The summed E-state index contributed by atoms with van der Waals surface area (Å²) < 4.78 is 0. The molecule has 2 aromatic rings. The lowest BCUT2D eigenvalue weighted by Crippen LogP contribution is -2.43. The van der Waals surface area contributed by atoms with E-state index in [1.807, 2.05) is 0 Å². The van der Waals surface area contributed by atoms with Gasteiger partial charge in [0, 0.05) is 5.41 Å². The normalized spacial score (nSPS) is 18.9. The molecular weight excluding hydrogens is 242 g/mol. The van der Waals surface area contributed by atoms with E-state index in [9.17, 15) is 0 Å². The van der Waals surface area contributed by atoms with Crippen molar-refractivity contribution in [1.82, 2.24) is 4.90 Å². The molecule has 1 aliphatic heterocycles. The molecule has 0 spiro atoms. The van der Waals surface area contributed by atoms with Gasteiger partial charge in [-0.15, -0.1) is 0 Å². The van der Waals surface area contributed by atoms with Crippen LogP contribution in [0.5, 0.6) is 0 Å². The molecule has 0 amide bonds. The zero-order valence-corrected chi connectivity index (χ0v) is 12.3. The van der Waals surface area contributed by atoms with Crippen LogP contribution in [0.1, 0.15) is 30.9 Å². The number of hydrogen-bond acceptors (Lipinski definition) is 1. The van der Waals surface area contributed by atoms with Gasteiger partial charge in [0.05, 0.1) is 0 Å². The van der Waals surface area contributed by atoms with Crippen LogP contribution < -0.4 is 0 Å². The Morgan fingerprint density at radius 1 is 0.800 bits per heavy atom. The van der Waals surface area contributed by atoms with Gasteiger partial charge in [0.25, 0.3) is 0 Å². The Hall–Kier alpha value is -1.60. The average Bonchev–Trinajstić information content (AvgIpc) is 2.56. The lowest BCUT2D eigenvalue weighted by atomic mass is 9.68. The van der Waals surface area contributed by atoms with E-state index in [0.29, 0.717) is 0 Å². The van der Waals surface area contributed by atoms with Crippen molar-refractivity contribution in [2.24, 2.45) is 0 Å². The van der Waals surface area contributed by atoms with Crippen LogP contribution in [0.15, 0.2) is 60.7 Å². The Labute approximate surface area is 122 Å². The van der Waals surface area contributed by atoms with Crippen molar-refractivity contribution in [3.8, 4) is 0 Å². The molecule has 1 aliphatic rings. The van der Waals surface area contributed by atoms with Gasteiger partial charge >= 0.3 is 0 Å². The van der Waals surface area contributed by atoms with E-state index in [1.165, 1.54) is 43.6 Å². The van der Waals surface area contributed by atoms with E-state index in [2.05, 4.69) is 72.5 Å². The molecular formula is C19H23N. The molecule has 1 nitrogen and oxygen atoms in total. The van der Waals surface area contributed by atoms with Gasteiger partial charge in [-0.1, -0.05) is 67.6 Å². The Morgan fingerprint density at radius 3 is 1.65 bits per heavy atom. The van der Waals surface area contributed by atoms with Gasteiger partial charge in [0.1, 0.15) is 0 Å². The third kappa shape index (κ3) is 2.38. The molecule has 0 bridgehead atoms. The number of hydrogen-bond donors (Lipinski definition) is 0. The molecule has 104 valence electrons. The van der Waals surface area contributed by atoms with Crippen LogP contribution in [0.25, 0.3) is 0 Å². The first-order valence-electron chi connectivity index (χ1n) is 7.68. The SMILES string of the molecule is CCN1CCC(c2ccccc2)(c2ccccc2)CC1. The predicted molar refractivity (Wildman–Crippen MR) is 85.0 cm³/mol. The fourth-order valence-electron chi connectivity index (χ4n) is 3.51. The van der Waals surface area contributed by atoms with Gasteiger partial charge in [-0.05, 0) is 43.6 Å². The van der Waals surface area contributed by atoms with Crippen molar-refractivity contribution in [2.45, 2.75) is 25.2 Å². The van der Waals surface area contributed by atoms with Crippen molar-refractivity contribution >= 4 is 0 Å². The van der Waals surface area contributed by atoms with Gasteiger partial charge in [-0.25, -0.2) is 0 Å². The average molecular weight is 265 g/mol. The van der Waals surface area contributed by atoms with Gasteiger partial charge in [-0.3, -0.25) is 0 Å². The summed E-state index contributed by atoms with van der Waals surface area (Å²) in [6.07, 6.45) is 2.43. The van der Waals surface area contributed by atoms with Crippen LogP contribution in [-0.4, -0.2) is 24.5 Å². The van der Waals surface area contributed by atoms with E-state index in [-0.39, 0.29) is 5.41 Å². The second-order valence-electron chi connectivity index (χ2n) is 5.75. The number of rotatable bonds is 3. The van der Waals surface area contributed by atoms with Crippen molar-refractivity contribution in [1.29, 1.82) is 0 Å². The fraction of sp³-hybridized carbons (Fsp3) is 0.368. The number of likely N-dealkylation sites (tertiary alicyclic amines) is 1. The molecule has 1 saturated heterocycles. The van der Waals surface area contributed by atoms with Crippen molar-refractivity contribution < 1.29 is 0 Å². The van der Waals surface area contributed by atoms with Gasteiger partial charge < -0.3 is 4.90 Å². The molecule has 3 rings (SSSR count). The Kier molecular flexibility index (Phi) is 3.88. The largest absolute Gasteiger partial charge is 0.304 e. The second kappa shape index (κ2) is 5.80. The van der Waals surface area contributed by atoms with E-state index >= 15 is 0 Å². The second-order valence-corrected chi connectivity index (χ2v) is 5.75. The summed E-state index contributed by atoms with van der Waals surface area (Å²) in [4.78, 5) is 2.56. The molecule has 0 aromatic heterocycles. The minimum absolute atomic E-state index is 0.203. The van der Waals surface area contributed by atoms with Crippen molar-refractivity contribution in [2.75, 3.05) is 19.6 Å². The molecule has 0 saturated carbocycles. The summed E-state index contributed by atoms with van der Waals surface area (Å²) in [6.45, 7) is 5.82. The minimum atomic E-state index is 0.203. The third-order valence-corrected chi connectivity index (χ3v) is 4.81. The standard InChI is InChI=1S/C19H23N/c1-2-20-15-13-19(14-16-20,17-9-5-3-6-10-17)18-11-7-4-8-12-18/h3-12H,2,13-16H2,1H3. The molecule has 0 unspecified atom stereocenters. The molecule has 0 radical (unpaired) electrons. The van der Waals surface area contributed by atoms with Crippen LogP contribution in [0.4, 0.5) is 0 Å². The predicted octanol–water partition coefficient (Wildman–Crippen LogP) is 4.09. The smallest absolute Gasteiger partial charge is 0.0227 e. The molecule has 0 aliphatic carbocycles. The minimum Gasteiger partial charge on any atom is -0.304 e. The zero-order valence-electron chi connectivity index (χ0n) is 12.3.